The Kier molecular flexibility index (Phi) is 7.81. The molecule has 1 aromatic carbocycles. The fourth-order valence-corrected chi connectivity index (χ4v) is 3.15. The van der Waals surface area contributed by atoms with E-state index >= 15 is 0 Å². The van der Waals surface area contributed by atoms with Crippen LogP contribution in [0.2, 0.25) is 0 Å². The van der Waals surface area contributed by atoms with Gasteiger partial charge in [0.2, 0.25) is 0 Å². The summed E-state index contributed by atoms with van der Waals surface area (Å²) in [6.45, 7) is 3.49. The van der Waals surface area contributed by atoms with Crippen LogP contribution in [0, 0.1) is 5.92 Å². The van der Waals surface area contributed by atoms with Crippen LogP contribution >= 0.6 is 15.9 Å². The van der Waals surface area contributed by atoms with Gasteiger partial charge >= 0.3 is 0 Å². The van der Waals surface area contributed by atoms with Crippen LogP contribution in [0.3, 0.4) is 0 Å². The standard InChI is InChI=1S/C19H30BrN/c1-2-3-4-5-6-7-17(15-21-19-12-13-19)14-16-8-10-18(20)11-9-16/h8-11,17,19,21H,2-7,12-15H2,1H3. The van der Waals surface area contributed by atoms with Crippen molar-refractivity contribution in [3.8, 4) is 0 Å². The average molecular weight is 352 g/mol. The molecule has 2 heteroatoms. The number of hydrogen-bond acceptors (Lipinski definition) is 1. The number of hydrogen-bond donors (Lipinski definition) is 1. The summed E-state index contributed by atoms with van der Waals surface area (Å²) in [6, 6.07) is 9.71. The van der Waals surface area contributed by atoms with Crippen LogP contribution in [0.1, 0.15) is 63.9 Å². The van der Waals surface area contributed by atoms with Crippen molar-refractivity contribution < 1.29 is 0 Å². The molecule has 0 aliphatic heterocycles. The van der Waals surface area contributed by atoms with Gasteiger partial charge in [0.1, 0.15) is 0 Å². The van der Waals surface area contributed by atoms with Crippen molar-refractivity contribution >= 4 is 15.9 Å². The largest absolute Gasteiger partial charge is 0.314 e. The summed E-state index contributed by atoms with van der Waals surface area (Å²) in [6.07, 6.45) is 12.3. The zero-order valence-corrected chi connectivity index (χ0v) is 15.0. The lowest BCUT2D eigenvalue weighted by Crippen LogP contribution is -2.26. The van der Waals surface area contributed by atoms with E-state index in [0.717, 1.165) is 12.0 Å². The first-order valence-corrected chi connectivity index (χ1v) is 9.55. The predicted molar refractivity (Wildman–Crippen MR) is 95.7 cm³/mol. The molecule has 1 aromatic rings. The van der Waals surface area contributed by atoms with E-state index in [1.807, 2.05) is 0 Å². The third-order valence-electron chi connectivity index (χ3n) is 4.43. The van der Waals surface area contributed by atoms with Gasteiger partial charge in [0.25, 0.3) is 0 Å². The molecule has 1 saturated carbocycles. The third kappa shape index (κ3) is 7.46. The quantitative estimate of drug-likeness (QED) is 0.502. The second-order valence-corrected chi connectivity index (χ2v) is 7.50. The summed E-state index contributed by atoms with van der Waals surface area (Å²) in [5, 5.41) is 3.73. The van der Waals surface area contributed by atoms with E-state index in [0.29, 0.717) is 0 Å². The number of halogens is 1. The van der Waals surface area contributed by atoms with Crippen LogP contribution in [0.4, 0.5) is 0 Å². The van der Waals surface area contributed by atoms with E-state index < -0.39 is 0 Å². The Morgan fingerprint density at radius 2 is 1.81 bits per heavy atom. The van der Waals surface area contributed by atoms with Gasteiger partial charge < -0.3 is 5.32 Å². The van der Waals surface area contributed by atoms with Crippen molar-refractivity contribution in [1.29, 1.82) is 0 Å². The van der Waals surface area contributed by atoms with Crippen LogP contribution in [0.5, 0.6) is 0 Å². The van der Waals surface area contributed by atoms with E-state index in [9.17, 15) is 0 Å². The summed E-state index contributed by atoms with van der Waals surface area (Å²) < 4.78 is 1.18. The van der Waals surface area contributed by atoms with Gasteiger partial charge in [-0.25, -0.2) is 0 Å². The second-order valence-electron chi connectivity index (χ2n) is 6.58. The van der Waals surface area contributed by atoms with Crippen molar-refractivity contribution in [2.24, 2.45) is 5.92 Å². The van der Waals surface area contributed by atoms with Gasteiger partial charge in [0, 0.05) is 10.5 Å². The van der Waals surface area contributed by atoms with Gasteiger partial charge in [-0.05, 0) is 55.8 Å². The van der Waals surface area contributed by atoms with Crippen molar-refractivity contribution in [3.63, 3.8) is 0 Å². The van der Waals surface area contributed by atoms with Gasteiger partial charge in [0.05, 0.1) is 0 Å². The van der Waals surface area contributed by atoms with E-state index in [1.165, 1.54) is 74.4 Å². The fraction of sp³-hybridized carbons (Fsp3) is 0.684. The summed E-state index contributed by atoms with van der Waals surface area (Å²) in [5.74, 6) is 0.799. The predicted octanol–water partition coefficient (Wildman–Crippen LogP) is 5.72. The summed E-state index contributed by atoms with van der Waals surface area (Å²) >= 11 is 3.52. The van der Waals surface area contributed by atoms with E-state index in [2.05, 4.69) is 52.4 Å². The zero-order chi connectivity index (χ0) is 14.9. The zero-order valence-electron chi connectivity index (χ0n) is 13.4. The molecule has 0 heterocycles. The molecule has 0 spiro atoms. The first-order valence-electron chi connectivity index (χ1n) is 8.75. The Morgan fingerprint density at radius 1 is 1.10 bits per heavy atom. The maximum absolute atomic E-state index is 3.73. The van der Waals surface area contributed by atoms with Gasteiger partial charge in [0.15, 0.2) is 0 Å². The van der Waals surface area contributed by atoms with E-state index in [-0.39, 0.29) is 0 Å². The SMILES string of the molecule is CCCCCCCC(CNC1CC1)Cc1ccc(Br)cc1. The summed E-state index contributed by atoms with van der Waals surface area (Å²) in [7, 11) is 0. The van der Waals surface area contributed by atoms with Crippen LogP contribution in [0.15, 0.2) is 28.7 Å². The molecular weight excluding hydrogens is 322 g/mol. The molecule has 2 rings (SSSR count). The molecule has 1 atom stereocenters. The summed E-state index contributed by atoms with van der Waals surface area (Å²) in [5.41, 5.74) is 1.48. The molecule has 1 fully saturated rings. The highest BCUT2D eigenvalue weighted by Gasteiger charge is 2.21. The third-order valence-corrected chi connectivity index (χ3v) is 4.95. The smallest absolute Gasteiger partial charge is 0.0175 e. The first-order chi connectivity index (χ1) is 10.3. The molecular formula is C19H30BrN. The van der Waals surface area contributed by atoms with Crippen LogP contribution in [-0.2, 0) is 6.42 Å². The van der Waals surface area contributed by atoms with Crippen LogP contribution < -0.4 is 5.32 Å². The van der Waals surface area contributed by atoms with E-state index in [4.69, 9.17) is 0 Å². The Morgan fingerprint density at radius 3 is 2.48 bits per heavy atom. The normalized spacial score (nSPS) is 16.1. The second kappa shape index (κ2) is 9.63. The molecule has 0 radical (unpaired) electrons. The molecule has 0 bridgehead atoms. The highest BCUT2D eigenvalue weighted by atomic mass is 79.9. The Balaban J connectivity index is 1.74. The molecule has 1 aliphatic carbocycles. The van der Waals surface area contributed by atoms with Crippen LogP contribution in [0.25, 0.3) is 0 Å². The Labute approximate surface area is 139 Å². The first kappa shape index (κ1) is 17.0. The van der Waals surface area contributed by atoms with Gasteiger partial charge in [-0.2, -0.15) is 0 Å². The monoisotopic (exact) mass is 351 g/mol. The maximum Gasteiger partial charge on any atom is 0.0175 e. The average Bonchev–Trinajstić information content (AvgIpc) is 3.31. The molecule has 118 valence electrons. The number of nitrogens with one attached hydrogen (secondary N) is 1. The molecule has 0 aromatic heterocycles. The summed E-state index contributed by atoms with van der Waals surface area (Å²) in [4.78, 5) is 0. The lowest BCUT2D eigenvalue weighted by molar-refractivity contribution is 0.419. The minimum atomic E-state index is 0.799. The molecule has 1 aliphatic rings. The fourth-order valence-electron chi connectivity index (χ4n) is 2.89. The van der Waals surface area contributed by atoms with Gasteiger partial charge in [-0.3, -0.25) is 0 Å². The molecule has 21 heavy (non-hydrogen) atoms. The highest BCUT2D eigenvalue weighted by molar-refractivity contribution is 9.10. The van der Waals surface area contributed by atoms with E-state index in [1.54, 1.807) is 0 Å². The number of benzene rings is 1. The van der Waals surface area contributed by atoms with Gasteiger partial charge in [-0.15, -0.1) is 0 Å². The van der Waals surface area contributed by atoms with Crippen molar-refractivity contribution in [3.05, 3.63) is 34.3 Å². The topological polar surface area (TPSA) is 12.0 Å². The molecule has 1 nitrogen and oxygen atoms in total. The lowest BCUT2D eigenvalue weighted by Gasteiger charge is -2.18. The maximum atomic E-state index is 3.73. The molecule has 0 saturated heterocycles. The Bertz CT molecular complexity index is 383. The van der Waals surface area contributed by atoms with Gasteiger partial charge in [-0.1, -0.05) is 67.1 Å². The van der Waals surface area contributed by atoms with Crippen molar-refractivity contribution in [2.75, 3.05) is 6.54 Å². The van der Waals surface area contributed by atoms with Crippen molar-refractivity contribution in [2.45, 2.75) is 70.8 Å². The molecule has 1 N–H and O–H groups in total. The highest BCUT2D eigenvalue weighted by Crippen LogP contribution is 2.22. The van der Waals surface area contributed by atoms with Crippen molar-refractivity contribution in [1.82, 2.24) is 5.32 Å². The number of rotatable bonds is 11. The minimum absolute atomic E-state index is 0.799. The van der Waals surface area contributed by atoms with Crippen LogP contribution in [-0.4, -0.2) is 12.6 Å². The minimum Gasteiger partial charge on any atom is -0.314 e. The molecule has 0 amide bonds. The number of unbranched alkanes of at least 4 members (excludes halogenated alkanes) is 4. The lowest BCUT2D eigenvalue weighted by atomic mass is 9.93. The Hall–Kier alpha value is -0.340. The molecule has 1 unspecified atom stereocenters.